The summed E-state index contributed by atoms with van der Waals surface area (Å²) < 4.78 is 5.11. The molecular weight excluding hydrogens is 236 g/mol. The highest BCUT2D eigenvalue weighted by atomic mass is 35.5. The Hall–Kier alpha value is -0.730. The average Bonchev–Trinajstić information content (AvgIpc) is 2.23. The molecule has 17 heavy (non-hydrogen) atoms. The van der Waals surface area contributed by atoms with E-state index in [2.05, 4.69) is 0 Å². The van der Waals surface area contributed by atoms with Gasteiger partial charge in [-0.25, -0.2) is 0 Å². The van der Waals surface area contributed by atoms with Gasteiger partial charge in [-0.3, -0.25) is 0 Å². The topological polar surface area (TPSA) is 29.5 Å². The van der Waals surface area contributed by atoms with Crippen molar-refractivity contribution in [2.45, 2.75) is 45.1 Å². The van der Waals surface area contributed by atoms with Crippen LogP contribution < -0.4 is 4.74 Å². The Labute approximate surface area is 109 Å². The smallest absolute Gasteiger partial charge is 0.137 e. The van der Waals surface area contributed by atoms with Crippen molar-refractivity contribution in [3.8, 4) is 5.75 Å². The van der Waals surface area contributed by atoms with E-state index >= 15 is 0 Å². The molecule has 0 atom stereocenters. The lowest BCUT2D eigenvalue weighted by molar-refractivity contribution is 0.0682. The highest BCUT2D eigenvalue weighted by Crippen LogP contribution is 2.25. The van der Waals surface area contributed by atoms with Gasteiger partial charge in [0.2, 0.25) is 0 Å². The standard InChI is InChI=1S/C14H21ClO2/c1-14(2,16)9-5-4-6-11-7-8-13(17-3)12(15)10-11/h7-8,10,16H,4-6,9H2,1-3H3. The Bertz CT molecular complexity index is 356. The van der Waals surface area contributed by atoms with Crippen LogP contribution in [-0.2, 0) is 6.42 Å². The summed E-state index contributed by atoms with van der Waals surface area (Å²) in [5, 5.41) is 10.2. The van der Waals surface area contributed by atoms with Crippen LogP contribution in [0.2, 0.25) is 5.02 Å². The second-order valence-corrected chi connectivity index (χ2v) is 5.40. The third-order valence-electron chi connectivity index (χ3n) is 2.72. The lowest BCUT2D eigenvalue weighted by atomic mass is 9.99. The predicted molar refractivity (Wildman–Crippen MR) is 71.9 cm³/mol. The van der Waals surface area contributed by atoms with Gasteiger partial charge >= 0.3 is 0 Å². The highest BCUT2D eigenvalue weighted by molar-refractivity contribution is 6.32. The van der Waals surface area contributed by atoms with E-state index in [-0.39, 0.29) is 0 Å². The number of benzene rings is 1. The minimum Gasteiger partial charge on any atom is -0.495 e. The lowest BCUT2D eigenvalue weighted by Gasteiger charge is -2.16. The van der Waals surface area contributed by atoms with Crippen molar-refractivity contribution in [3.63, 3.8) is 0 Å². The number of aryl methyl sites for hydroxylation is 1. The zero-order chi connectivity index (χ0) is 12.9. The molecule has 0 amide bonds. The van der Waals surface area contributed by atoms with Crippen LogP contribution in [0.5, 0.6) is 5.75 Å². The van der Waals surface area contributed by atoms with Crippen molar-refractivity contribution in [2.24, 2.45) is 0 Å². The summed E-state index contributed by atoms with van der Waals surface area (Å²) in [6.07, 6.45) is 3.90. The fourth-order valence-corrected chi connectivity index (χ4v) is 2.03. The molecule has 0 unspecified atom stereocenters. The summed E-state index contributed by atoms with van der Waals surface area (Å²) in [6.45, 7) is 3.69. The van der Waals surface area contributed by atoms with Crippen LogP contribution in [0.3, 0.4) is 0 Å². The second kappa shape index (κ2) is 6.27. The van der Waals surface area contributed by atoms with Gasteiger partial charge in [0.15, 0.2) is 0 Å². The summed E-state index contributed by atoms with van der Waals surface area (Å²) in [7, 11) is 1.62. The van der Waals surface area contributed by atoms with Gasteiger partial charge in [-0.15, -0.1) is 0 Å². The molecule has 96 valence electrons. The lowest BCUT2D eigenvalue weighted by Crippen LogP contribution is -2.17. The Morgan fingerprint density at radius 2 is 2.00 bits per heavy atom. The highest BCUT2D eigenvalue weighted by Gasteiger charge is 2.11. The molecule has 1 aromatic rings. The Balaban J connectivity index is 2.40. The van der Waals surface area contributed by atoms with Gasteiger partial charge in [0, 0.05) is 0 Å². The molecule has 0 aliphatic heterocycles. The van der Waals surface area contributed by atoms with E-state index in [1.165, 1.54) is 5.56 Å². The van der Waals surface area contributed by atoms with Gasteiger partial charge in [0.25, 0.3) is 0 Å². The number of methoxy groups -OCH3 is 1. The van der Waals surface area contributed by atoms with E-state index in [9.17, 15) is 5.11 Å². The summed E-state index contributed by atoms with van der Waals surface area (Å²) in [5.41, 5.74) is 0.656. The first-order valence-corrected chi connectivity index (χ1v) is 6.35. The number of aliphatic hydroxyl groups is 1. The molecule has 0 saturated carbocycles. The number of unbranched alkanes of at least 4 members (excludes halogenated alkanes) is 1. The molecule has 3 heteroatoms. The first kappa shape index (κ1) is 14.3. The van der Waals surface area contributed by atoms with Crippen molar-refractivity contribution < 1.29 is 9.84 Å². The van der Waals surface area contributed by atoms with Crippen molar-refractivity contribution in [2.75, 3.05) is 7.11 Å². The van der Waals surface area contributed by atoms with Crippen LogP contribution >= 0.6 is 11.6 Å². The zero-order valence-corrected chi connectivity index (χ0v) is 11.5. The number of hydrogen-bond donors (Lipinski definition) is 1. The normalized spacial score (nSPS) is 11.6. The number of halogens is 1. The Kier molecular flexibility index (Phi) is 5.29. The summed E-state index contributed by atoms with van der Waals surface area (Å²) in [5.74, 6) is 0.715. The predicted octanol–water partition coefficient (Wildman–Crippen LogP) is 3.83. The van der Waals surface area contributed by atoms with Crippen LogP contribution in [0.4, 0.5) is 0 Å². The van der Waals surface area contributed by atoms with Gasteiger partial charge in [0.1, 0.15) is 5.75 Å². The molecule has 0 aromatic heterocycles. The van der Waals surface area contributed by atoms with Crippen molar-refractivity contribution in [1.29, 1.82) is 0 Å². The van der Waals surface area contributed by atoms with E-state index in [0.717, 1.165) is 25.7 Å². The molecule has 0 heterocycles. The number of ether oxygens (including phenoxy) is 1. The van der Waals surface area contributed by atoms with Crippen LogP contribution in [0.25, 0.3) is 0 Å². The van der Waals surface area contributed by atoms with E-state index < -0.39 is 5.60 Å². The minimum absolute atomic E-state index is 0.558. The van der Waals surface area contributed by atoms with Crippen LogP contribution in [0.1, 0.15) is 38.7 Å². The van der Waals surface area contributed by atoms with E-state index in [1.54, 1.807) is 7.11 Å². The maximum Gasteiger partial charge on any atom is 0.137 e. The molecule has 0 aliphatic carbocycles. The van der Waals surface area contributed by atoms with Gasteiger partial charge in [-0.1, -0.05) is 24.1 Å². The van der Waals surface area contributed by atoms with E-state index in [1.807, 2.05) is 32.0 Å². The largest absolute Gasteiger partial charge is 0.495 e. The Morgan fingerprint density at radius 1 is 1.29 bits per heavy atom. The third-order valence-corrected chi connectivity index (χ3v) is 3.02. The third kappa shape index (κ3) is 5.42. The molecule has 0 saturated heterocycles. The van der Waals surface area contributed by atoms with Crippen molar-refractivity contribution in [3.05, 3.63) is 28.8 Å². The summed E-state index contributed by atoms with van der Waals surface area (Å²) in [6, 6.07) is 5.88. The number of hydrogen-bond acceptors (Lipinski definition) is 2. The first-order chi connectivity index (χ1) is 7.92. The van der Waals surface area contributed by atoms with Crippen LogP contribution in [0, 0.1) is 0 Å². The first-order valence-electron chi connectivity index (χ1n) is 5.97. The molecule has 1 N–H and O–H groups in total. The van der Waals surface area contributed by atoms with Gasteiger partial charge in [-0.05, 0) is 50.8 Å². The fraction of sp³-hybridized carbons (Fsp3) is 0.571. The molecule has 0 bridgehead atoms. The molecular formula is C14H21ClO2. The van der Waals surface area contributed by atoms with Crippen LogP contribution in [0.15, 0.2) is 18.2 Å². The van der Waals surface area contributed by atoms with E-state index in [0.29, 0.717) is 10.8 Å². The van der Waals surface area contributed by atoms with Crippen molar-refractivity contribution in [1.82, 2.24) is 0 Å². The molecule has 2 nitrogen and oxygen atoms in total. The molecule has 0 spiro atoms. The molecule has 1 rings (SSSR count). The number of rotatable bonds is 6. The average molecular weight is 257 g/mol. The molecule has 0 fully saturated rings. The SMILES string of the molecule is COc1ccc(CCCCC(C)(C)O)cc1Cl. The monoisotopic (exact) mass is 256 g/mol. The molecule has 1 aromatic carbocycles. The van der Waals surface area contributed by atoms with Crippen LogP contribution in [-0.4, -0.2) is 17.8 Å². The fourth-order valence-electron chi connectivity index (χ4n) is 1.75. The summed E-state index contributed by atoms with van der Waals surface area (Å²) >= 11 is 6.05. The second-order valence-electron chi connectivity index (χ2n) is 4.99. The van der Waals surface area contributed by atoms with Gasteiger partial charge in [-0.2, -0.15) is 0 Å². The maximum atomic E-state index is 9.59. The minimum atomic E-state index is -0.558. The molecule has 0 radical (unpaired) electrons. The quantitative estimate of drug-likeness (QED) is 0.784. The summed E-state index contributed by atoms with van der Waals surface area (Å²) in [4.78, 5) is 0. The van der Waals surface area contributed by atoms with E-state index in [4.69, 9.17) is 16.3 Å². The van der Waals surface area contributed by atoms with Gasteiger partial charge < -0.3 is 9.84 Å². The maximum absolute atomic E-state index is 9.59. The van der Waals surface area contributed by atoms with Gasteiger partial charge in [0.05, 0.1) is 17.7 Å². The van der Waals surface area contributed by atoms with Crippen molar-refractivity contribution >= 4 is 11.6 Å². The Morgan fingerprint density at radius 3 is 2.53 bits per heavy atom. The zero-order valence-electron chi connectivity index (χ0n) is 10.8. The molecule has 0 aliphatic rings.